The van der Waals surface area contributed by atoms with Crippen molar-refractivity contribution in [3.05, 3.63) is 80.1 Å². The minimum absolute atomic E-state index is 0.234. The Labute approximate surface area is 225 Å². The number of carbonyl (C=O) groups is 1. The molecule has 1 amide bonds. The summed E-state index contributed by atoms with van der Waals surface area (Å²) in [6.07, 6.45) is 10.3. The van der Waals surface area contributed by atoms with Crippen LogP contribution in [-0.2, 0) is 11.3 Å². The van der Waals surface area contributed by atoms with E-state index in [-0.39, 0.29) is 18.0 Å². The molecule has 1 saturated heterocycles. The topological polar surface area (TPSA) is 66.7 Å². The molecule has 3 aromatic rings. The fraction of sp³-hybridized carbons (Fsp3) is 0.333. The van der Waals surface area contributed by atoms with Crippen LogP contribution in [0.15, 0.2) is 58.4 Å². The van der Waals surface area contributed by atoms with Crippen LogP contribution in [0.2, 0.25) is 5.02 Å². The van der Waals surface area contributed by atoms with E-state index in [1.165, 1.54) is 46.7 Å². The van der Waals surface area contributed by atoms with Crippen molar-refractivity contribution < 1.29 is 4.79 Å². The van der Waals surface area contributed by atoms with E-state index in [0.29, 0.717) is 37.8 Å². The number of carbonyl (C=O) groups excluding carboxylic acids is 1. The van der Waals surface area contributed by atoms with Crippen LogP contribution in [0.25, 0.3) is 11.7 Å². The zero-order valence-electron chi connectivity index (χ0n) is 20.2. The molecule has 0 radical (unpaired) electrons. The van der Waals surface area contributed by atoms with Crippen molar-refractivity contribution in [2.45, 2.75) is 52.0 Å². The zero-order chi connectivity index (χ0) is 25.5. The Morgan fingerprint density at radius 1 is 1.06 bits per heavy atom. The van der Waals surface area contributed by atoms with Crippen LogP contribution < -0.4 is 10.9 Å². The minimum Gasteiger partial charge on any atom is -0.369 e. The molecule has 4 rings (SSSR count). The van der Waals surface area contributed by atoms with E-state index in [1.807, 2.05) is 24.3 Å². The second-order valence-electron chi connectivity index (χ2n) is 8.66. The summed E-state index contributed by atoms with van der Waals surface area (Å²) in [5.74, 6) is 0.237. The van der Waals surface area contributed by atoms with E-state index >= 15 is 0 Å². The van der Waals surface area contributed by atoms with Crippen LogP contribution >= 0.6 is 35.6 Å². The van der Waals surface area contributed by atoms with Gasteiger partial charge in [0.2, 0.25) is 0 Å². The number of nitrogens with one attached hydrogen (secondary N) is 1. The normalized spacial score (nSPS) is 14.8. The van der Waals surface area contributed by atoms with Crippen molar-refractivity contribution in [1.29, 1.82) is 0 Å². The highest BCUT2D eigenvalue weighted by Crippen LogP contribution is 2.34. The first-order valence-corrected chi connectivity index (χ1v) is 13.8. The van der Waals surface area contributed by atoms with Crippen LogP contribution in [0.5, 0.6) is 0 Å². The number of fused-ring (bicyclic) bond motifs is 1. The second kappa shape index (κ2) is 12.5. The van der Waals surface area contributed by atoms with Crippen LogP contribution in [0.4, 0.5) is 5.82 Å². The number of hydrogen-bond acceptors (Lipinski definition) is 6. The predicted molar refractivity (Wildman–Crippen MR) is 153 cm³/mol. The van der Waals surface area contributed by atoms with Gasteiger partial charge in [-0.3, -0.25) is 18.9 Å². The molecule has 36 heavy (non-hydrogen) atoms. The van der Waals surface area contributed by atoms with Gasteiger partial charge in [-0.25, -0.2) is 4.98 Å². The third kappa shape index (κ3) is 6.17. The number of benzene rings is 1. The number of nitrogens with zero attached hydrogens (tertiary/aromatic N) is 3. The third-order valence-electron chi connectivity index (χ3n) is 6.03. The predicted octanol–water partition coefficient (Wildman–Crippen LogP) is 6.52. The Morgan fingerprint density at radius 3 is 2.61 bits per heavy atom. The van der Waals surface area contributed by atoms with E-state index < -0.39 is 0 Å². The van der Waals surface area contributed by atoms with Crippen molar-refractivity contribution >= 4 is 63.3 Å². The van der Waals surface area contributed by atoms with Gasteiger partial charge in [0.25, 0.3) is 11.5 Å². The van der Waals surface area contributed by atoms with Gasteiger partial charge in [-0.05, 0) is 36.3 Å². The average molecular weight is 541 g/mol. The minimum atomic E-state index is -0.246. The number of thiocarbonyl (C=S) groups is 1. The third-order valence-corrected chi connectivity index (χ3v) is 7.77. The summed E-state index contributed by atoms with van der Waals surface area (Å²) in [6.45, 7) is 3.19. The molecular formula is C27H29ClN4O2S2. The lowest BCUT2D eigenvalue weighted by molar-refractivity contribution is -0.122. The molecule has 1 aromatic carbocycles. The summed E-state index contributed by atoms with van der Waals surface area (Å²) in [5, 5.41) is 3.92. The molecule has 1 fully saturated rings. The quantitative estimate of drug-likeness (QED) is 0.170. The molecule has 3 heterocycles. The van der Waals surface area contributed by atoms with Gasteiger partial charge in [-0.15, -0.1) is 0 Å². The van der Waals surface area contributed by atoms with Gasteiger partial charge in [-0.2, -0.15) is 0 Å². The molecule has 0 saturated carbocycles. The molecule has 0 atom stereocenters. The maximum absolute atomic E-state index is 13.4. The molecule has 188 valence electrons. The van der Waals surface area contributed by atoms with E-state index in [9.17, 15) is 9.59 Å². The molecule has 9 heteroatoms. The molecule has 1 aliphatic heterocycles. The van der Waals surface area contributed by atoms with Gasteiger partial charge in [0, 0.05) is 17.8 Å². The Kier molecular flexibility index (Phi) is 9.18. The van der Waals surface area contributed by atoms with Gasteiger partial charge >= 0.3 is 0 Å². The van der Waals surface area contributed by atoms with Crippen molar-refractivity contribution in [3.63, 3.8) is 0 Å². The molecule has 0 bridgehead atoms. The summed E-state index contributed by atoms with van der Waals surface area (Å²) in [7, 11) is 0. The van der Waals surface area contributed by atoms with Gasteiger partial charge in [0.15, 0.2) is 0 Å². The number of pyridine rings is 1. The van der Waals surface area contributed by atoms with Crippen LogP contribution in [-0.4, -0.2) is 31.1 Å². The molecular weight excluding hydrogens is 512 g/mol. The molecule has 1 aliphatic rings. The van der Waals surface area contributed by atoms with Crippen LogP contribution in [0.3, 0.4) is 0 Å². The number of aromatic nitrogens is 2. The summed E-state index contributed by atoms with van der Waals surface area (Å²) >= 11 is 13.0. The molecule has 6 nitrogen and oxygen atoms in total. The lowest BCUT2D eigenvalue weighted by atomic mass is 10.1. The number of amides is 1. The first-order valence-electron chi connectivity index (χ1n) is 12.2. The highest BCUT2D eigenvalue weighted by atomic mass is 35.5. The number of thioether (sulfide) groups is 1. The standard InChI is InChI=1S/C27H29ClN4O2S2/c1-2-3-4-5-6-10-15-29-24-20(25(33)31-16-11-9-14-23(31)30-24)17-22-26(34)32(27(35)36-22)18-19-12-7-8-13-21(19)28/h7-9,11-14,16-17,29H,2-6,10,15,18H2,1H3/b22-17-. The maximum atomic E-state index is 13.4. The van der Waals surface area contributed by atoms with Crippen molar-refractivity contribution in [2.24, 2.45) is 0 Å². The Balaban J connectivity index is 1.59. The summed E-state index contributed by atoms with van der Waals surface area (Å²) in [6, 6.07) is 12.8. The molecule has 0 aliphatic carbocycles. The molecule has 0 unspecified atom stereocenters. The average Bonchev–Trinajstić information content (AvgIpc) is 3.14. The van der Waals surface area contributed by atoms with Gasteiger partial charge in [-0.1, -0.05) is 98.9 Å². The lowest BCUT2D eigenvalue weighted by Crippen LogP contribution is -2.27. The maximum Gasteiger partial charge on any atom is 0.267 e. The van der Waals surface area contributed by atoms with E-state index in [1.54, 1.807) is 30.5 Å². The summed E-state index contributed by atoms with van der Waals surface area (Å²) in [4.78, 5) is 33.3. The van der Waals surface area contributed by atoms with Crippen molar-refractivity contribution in [2.75, 3.05) is 11.9 Å². The summed E-state index contributed by atoms with van der Waals surface area (Å²) in [5.41, 5.74) is 1.48. The number of halogens is 1. The number of rotatable bonds is 11. The fourth-order valence-corrected chi connectivity index (χ4v) is 5.48. The Bertz CT molecular complexity index is 1360. The SMILES string of the molecule is CCCCCCCCNc1nc2ccccn2c(=O)c1/C=C1\SC(=S)N(Cc2ccccc2Cl)C1=O. The highest BCUT2D eigenvalue weighted by molar-refractivity contribution is 8.26. The van der Waals surface area contributed by atoms with Gasteiger partial charge in [0.05, 0.1) is 17.0 Å². The molecule has 1 N–H and O–H groups in total. The Hall–Kier alpha value is -2.68. The summed E-state index contributed by atoms with van der Waals surface area (Å²) < 4.78 is 1.92. The smallest absolute Gasteiger partial charge is 0.267 e. The van der Waals surface area contributed by atoms with Crippen molar-refractivity contribution in [3.8, 4) is 0 Å². The Morgan fingerprint density at radius 2 is 1.81 bits per heavy atom. The van der Waals surface area contributed by atoms with E-state index in [2.05, 4.69) is 12.2 Å². The fourth-order valence-electron chi connectivity index (χ4n) is 4.04. The number of unbranched alkanes of at least 4 members (excludes halogenated alkanes) is 5. The van der Waals surface area contributed by atoms with Gasteiger partial charge < -0.3 is 5.32 Å². The molecule has 0 spiro atoms. The highest BCUT2D eigenvalue weighted by Gasteiger charge is 2.33. The van der Waals surface area contributed by atoms with Gasteiger partial charge in [0.1, 0.15) is 15.8 Å². The second-order valence-corrected chi connectivity index (χ2v) is 10.7. The number of anilines is 1. The largest absolute Gasteiger partial charge is 0.369 e. The van der Waals surface area contributed by atoms with Crippen LogP contribution in [0, 0.1) is 0 Å². The lowest BCUT2D eigenvalue weighted by Gasteiger charge is -2.15. The molecule has 2 aromatic heterocycles. The monoisotopic (exact) mass is 540 g/mol. The van der Waals surface area contributed by atoms with E-state index in [0.717, 1.165) is 18.4 Å². The van der Waals surface area contributed by atoms with Crippen LogP contribution in [0.1, 0.15) is 56.6 Å². The zero-order valence-corrected chi connectivity index (χ0v) is 22.6. The van der Waals surface area contributed by atoms with Crippen molar-refractivity contribution in [1.82, 2.24) is 14.3 Å². The van der Waals surface area contributed by atoms with E-state index in [4.69, 9.17) is 28.8 Å². The number of hydrogen-bond donors (Lipinski definition) is 1. The first-order chi connectivity index (χ1) is 17.5. The first kappa shape index (κ1) is 26.4.